The maximum atomic E-state index is 12.6. The van der Waals surface area contributed by atoms with Gasteiger partial charge in [-0.15, -0.1) is 0 Å². The molecule has 1 saturated carbocycles. The van der Waals surface area contributed by atoms with Gasteiger partial charge in [0.05, 0.1) is 0 Å². The summed E-state index contributed by atoms with van der Waals surface area (Å²) in [7, 11) is 2.20. The summed E-state index contributed by atoms with van der Waals surface area (Å²) >= 11 is 0. The SMILES string of the molecule is CN1CCN(c2cc(N)ncn2)C[C@]12CCC(=O)N(CC1CC1)CC2. The number of amides is 1. The van der Waals surface area contributed by atoms with Crippen LogP contribution in [-0.2, 0) is 4.79 Å². The van der Waals surface area contributed by atoms with Gasteiger partial charge in [0.15, 0.2) is 0 Å². The Labute approximate surface area is 149 Å². The van der Waals surface area contributed by atoms with Crippen molar-refractivity contribution in [3.63, 3.8) is 0 Å². The third-order valence-corrected chi connectivity index (χ3v) is 6.18. The minimum atomic E-state index is 0.0337. The van der Waals surface area contributed by atoms with Crippen molar-refractivity contribution in [1.82, 2.24) is 19.8 Å². The quantitative estimate of drug-likeness (QED) is 0.880. The summed E-state index contributed by atoms with van der Waals surface area (Å²) in [6, 6.07) is 1.85. The highest BCUT2D eigenvalue weighted by Gasteiger charge is 2.43. The van der Waals surface area contributed by atoms with Gasteiger partial charge in [-0.25, -0.2) is 9.97 Å². The normalized spacial score (nSPS) is 28.4. The average Bonchev–Trinajstić information content (AvgIpc) is 3.43. The number of hydrogen-bond donors (Lipinski definition) is 1. The number of anilines is 2. The second-order valence-electron chi connectivity index (χ2n) is 7.90. The van der Waals surface area contributed by atoms with Crippen LogP contribution in [-0.4, -0.2) is 71.0 Å². The van der Waals surface area contributed by atoms with Crippen molar-refractivity contribution >= 4 is 17.5 Å². The minimum absolute atomic E-state index is 0.0337. The van der Waals surface area contributed by atoms with Gasteiger partial charge in [0.25, 0.3) is 0 Å². The Morgan fingerprint density at radius 1 is 1.24 bits per heavy atom. The molecule has 1 atom stereocenters. The van der Waals surface area contributed by atoms with E-state index in [1.807, 2.05) is 6.07 Å². The van der Waals surface area contributed by atoms with Crippen molar-refractivity contribution in [2.45, 2.75) is 37.6 Å². The van der Waals surface area contributed by atoms with Crippen molar-refractivity contribution in [1.29, 1.82) is 0 Å². The molecule has 1 aromatic heterocycles. The molecule has 3 heterocycles. The predicted octanol–water partition coefficient (Wildman–Crippen LogP) is 0.972. The number of likely N-dealkylation sites (tertiary alicyclic amines) is 1. The van der Waals surface area contributed by atoms with Gasteiger partial charge in [-0.05, 0) is 38.6 Å². The summed E-state index contributed by atoms with van der Waals surface area (Å²) < 4.78 is 0. The fraction of sp³-hybridized carbons (Fsp3) is 0.722. The van der Waals surface area contributed by atoms with Crippen LogP contribution in [0.15, 0.2) is 12.4 Å². The zero-order chi connectivity index (χ0) is 17.4. The fourth-order valence-electron chi connectivity index (χ4n) is 4.23. The number of piperazine rings is 1. The smallest absolute Gasteiger partial charge is 0.222 e. The van der Waals surface area contributed by atoms with Gasteiger partial charge < -0.3 is 15.5 Å². The Morgan fingerprint density at radius 2 is 2.08 bits per heavy atom. The number of hydrogen-bond acceptors (Lipinski definition) is 6. The summed E-state index contributed by atoms with van der Waals surface area (Å²) in [5.41, 5.74) is 5.87. The highest BCUT2D eigenvalue weighted by molar-refractivity contribution is 5.76. The van der Waals surface area contributed by atoms with Gasteiger partial charge in [0.2, 0.25) is 5.91 Å². The lowest BCUT2D eigenvalue weighted by Gasteiger charge is -2.49. The van der Waals surface area contributed by atoms with Crippen LogP contribution in [0.25, 0.3) is 0 Å². The maximum absolute atomic E-state index is 12.6. The number of nitrogen functional groups attached to an aromatic ring is 1. The van der Waals surface area contributed by atoms with Gasteiger partial charge in [-0.3, -0.25) is 9.69 Å². The van der Waals surface area contributed by atoms with Crippen molar-refractivity contribution in [2.24, 2.45) is 5.92 Å². The van der Waals surface area contributed by atoms with E-state index in [0.717, 1.165) is 57.3 Å². The molecule has 25 heavy (non-hydrogen) atoms. The minimum Gasteiger partial charge on any atom is -0.384 e. The molecule has 7 heteroatoms. The van der Waals surface area contributed by atoms with E-state index in [9.17, 15) is 4.79 Å². The van der Waals surface area contributed by atoms with Crippen LogP contribution < -0.4 is 10.6 Å². The molecule has 1 aliphatic carbocycles. The molecule has 0 aromatic carbocycles. The first-order valence-electron chi connectivity index (χ1n) is 9.37. The van der Waals surface area contributed by atoms with Crippen LogP contribution in [0.2, 0.25) is 0 Å². The molecule has 136 valence electrons. The molecule has 2 saturated heterocycles. The fourth-order valence-corrected chi connectivity index (χ4v) is 4.23. The molecule has 1 spiro atoms. The third kappa shape index (κ3) is 3.42. The predicted molar refractivity (Wildman–Crippen MR) is 97.2 cm³/mol. The highest BCUT2D eigenvalue weighted by atomic mass is 16.2. The molecular weight excluding hydrogens is 316 g/mol. The van der Waals surface area contributed by atoms with Crippen LogP contribution in [0.3, 0.4) is 0 Å². The topological polar surface area (TPSA) is 78.6 Å². The molecule has 0 unspecified atom stereocenters. The van der Waals surface area contributed by atoms with Crippen LogP contribution >= 0.6 is 0 Å². The van der Waals surface area contributed by atoms with E-state index in [-0.39, 0.29) is 5.54 Å². The number of rotatable bonds is 3. The maximum Gasteiger partial charge on any atom is 0.222 e. The molecular formula is C18H28N6O. The molecule has 1 amide bonds. The Morgan fingerprint density at radius 3 is 2.84 bits per heavy atom. The average molecular weight is 344 g/mol. The number of carbonyl (C=O) groups is 1. The molecule has 7 nitrogen and oxygen atoms in total. The Hall–Kier alpha value is -1.89. The summed E-state index contributed by atoms with van der Waals surface area (Å²) in [5.74, 6) is 2.48. The van der Waals surface area contributed by atoms with Crippen molar-refractivity contribution in [2.75, 3.05) is 50.4 Å². The van der Waals surface area contributed by atoms with E-state index in [2.05, 4.69) is 31.7 Å². The van der Waals surface area contributed by atoms with E-state index < -0.39 is 0 Å². The lowest BCUT2D eigenvalue weighted by Crippen LogP contribution is -2.61. The molecule has 1 aromatic rings. The molecule has 0 radical (unpaired) electrons. The standard InChI is InChI=1S/C18H28N6O/c1-22-8-9-24(16-10-15(19)20-13-21-16)12-18(22)5-4-17(25)23(7-6-18)11-14-2-3-14/h10,13-14H,2-9,11-12H2,1H3,(H2,19,20,21)/t18-/m1/s1. The molecule has 4 rings (SSSR count). The van der Waals surface area contributed by atoms with E-state index in [0.29, 0.717) is 18.1 Å². The summed E-state index contributed by atoms with van der Waals surface area (Å²) in [6.45, 7) is 4.63. The van der Waals surface area contributed by atoms with Crippen LogP contribution in [0, 0.1) is 5.92 Å². The first-order valence-corrected chi connectivity index (χ1v) is 9.37. The van der Waals surface area contributed by atoms with E-state index in [1.165, 1.54) is 19.2 Å². The lowest BCUT2D eigenvalue weighted by molar-refractivity contribution is -0.130. The van der Waals surface area contributed by atoms with Gasteiger partial charge >= 0.3 is 0 Å². The van der Waals surface area contributed by atoms with Crippen molar-refractivity contribution in [3.8, 4) is 0 Å². The van der Waals surface area contributed by atoms with Crippen molar-refractivity contribution in [3.05, 3.63) is 12.4 Å². The molecule has 2 N–H and O–H groups in total. The Kier molecular flexibility index (Phi) is 4.27. The first-order chi connectivity index (χ1) is 12.1. The molecule has 3 aliphatic rings. The van der Waals surface area contributed by atoms with Gasteiger partial charge in [-0.2, -0.15) is 0 Å². The number of likely N-dealkylation sites (N-methyl/N-ethyl adjacent to an activating group) is 1. The zero-order valence-corrected chi connectivity index (χ0v) is 15.0. The summed E-state index contributed by atoms with van der Waals surface area (Å²) in [4.78, 5) is 27.8. The van der Waals surface area contributed by atoms with E-state index >= 15 is 0 Å². The number of nitrogens with zero attached hydrogens (tertiary/aromatic N) is 5. The Balaban J connectivity index is 1.51. The third-order valence-electron chi connectivity index (χ3n) is 6.18. The second kappa shape index (κ2) is 6.44. The molecule has 0 bridgehead atoms. The van der Waals surface area contributed by atoms with Crippen molar-refractivity contribution < 1.29 is 4.79 Å². The van der Waals surface area contributed by atoms with Crippen LogP contribution in [0.4, 0.5) is 11.6 Å². The number of carbonyl (C=O) groups excluding carboxylic acids is 1. The summed E-state index contributed by atoms with van der Waals surface area (Å²) in [5, 5.41) is 0. The largest absolute Gasteiger partial charge is 0.384 e. The van der Waals surface area contributed by atoms with E-state index in [1.54, 1.807) is 0 Å². The molecule has 2 aliphatic heterocycles. The van der Waals surface area contributed by atoms with Crippen LogP contribution in [0.1, 0.15) is 32.1 Å². The summed E-state index contributed by atoms with van der Waals surface area (Å²) in [6.07, 6.45) is 6.70. The van der Waals surface area contributed by atoms with Gasteiger partial charge in [0.1, 0.15) is 18.0 Å². The number of nitrogens with two attached hydrogens (primary N) is 1. The molecule has 3 fully saturated rings. The van der Waals surface area contributed by atoms with Gasteiger partial charge in [0, 0.05) is 50.7 Å². The lowest BCUT2D eigenvalue weighted by atomic mass is 9.86. The zero-order valence-electron chi connectivity index (χ0n) is 15.0. The van der Waals surface area contributed by atoms with Crippen LogP contribution in [0.5, 0.6) is 0 Å². The Bertz CT molecular complexity index is 648. The number of aromatic nitrogens is 2. The monoisotopic (exact) mass is 344 g/mol. The second-order valence-corrected chi connectivity index (χ2v) is 7.90. The van der Waals surface area contributed by atoms with Gasteiger partial charge in [-0.1, -0.05) is 0 Å². The first kappa shape index (κ1) is 16.6. The van der Waals surface area contributed by atoms with E-state index in [4.69, 9.17) is 5.73 Å². The highest BCUT2D eigenvalue weighted by Crippen LogP contribution is 2.35.